The molecule has 1 amide bonds. The van der Waals surface area contributed by atoms with Gasteiger partial charge in [0.15, 0.2) is 0 Å². The summed E-state index contributed by atoms with van der Waals surface area (Å²) in [6.07, 6.45) is 5.45. The molecule has 0 spiro atoms. The summed E-state index contributed by atoms with van der Waals surface area (Å²) in [5.74, 6) is 0.979. The van der Waals surface area contributed by atoms with E-state index in [1.807, 2.05) is 0 Å². The van der Waals surface area contributed by atoms with E-state index < -0.39 is 0 Å². The van der Waals surface area contributed by atoms with Gasteiger partial charge in [-0.2, -0.15) is 0 Å². The van der Waals surface area contributed by atoms with E-state index in [2.05, 4.69) is 27.1 Å². The van der Waals surface area contributed by atoms with Crippen LogP contribution in [-0.4, -0.2) is 29.0 Å². The summed E-state index contributed by atoms with van der Waals surface area (Å²) in [6.45, 7) is 4.13. The summed E-state index contributed by atoms with van der Waals surface area (Å²) in [5, 5.41) is 3.65. The van der Waals surface area contributed by atoms with Crippen molar-refractivity contribution in [3.05, 3.63) is 46.2 Å². The Labute approximate surface area is 151 Å². The van der Waals surface area contributed by atoms with Crippen molar-refractivity contribution in [3.8, 4) is 0 Å². The van der Waals surface area contributed by atoms with Gasteiger partial charge in [0.1, 0.15) is 0 Å². The molecule has 1 N–H and O–H groups in total. The number of piperidine rings is 1. The number of amides is 1. The fourth-order valence-corrected chi connectivity index (χ4v) is 3.10. The van der Waals surface area contributed by atoms with Crippen molar-refractivity contribution >= 4 is 40.7 Å². The number of aromatic nitrogens is 2. The number of nitrogens with one attached hydrogen (secondary N) is 1. The number of hydrogen-bond donors (Lipinski definition) is 1. The quantitative estimate of drug-likeness (QED) is 0.883. The van der Waals surface area contributed by atoms with Gasteiger partial charge in [-0.25, -0.2) is 9.97 Å². The van der Waals surface area contributed by atoms with Gasteiger partial charge in [0.25, 0.3) is 5.91 Å². The third kappa shape index (κ3) is 3.97. The van der Waals surface area contributed by atoms with Gasteiger partial charge in [0.2, 0.25) is 5.95 Å². The Morgan fingerprint density at radius 2 is 2.04 bits per heavy atom. The molecule has 2 heterocycles. The highest BCUT2D eigenvalue weighted by Gasteiger charge is 2.19. The van der Waals surface area contributed by atoms with Crippen molar-refractivity contribution in [2.75, 3.05) is 23.3 Å². The normalized spacial score (nSPS) is 17.6. The molecule has 7 heteroatoms. The summed E-state index contributed by atoms with van der Waals surface area (Å²) in [5.41, 5.74) is 0.836. The molecule has 2 aromatic rings. The van der Waals surface area contributed by atoms with Crippen molar-refractivity contribution in [1.82, 2.24) is 9.97 Å². The average Bonchev–Trinajstić information content (AvgIpc) is 2.58. The van der Waals surface area contributed by atoms with Crippen LogP contribution in [-0.2, 0) is 0 Å². The number of rotatable bonds is 3. The third-order valence-corrected chi connectivity index (χ3v) is 4.58. The second-order valence-corrected chi connectivity index (χ2v) is 6.89. The Morgan fingerprint density at radius 1 is 1.29 bits per heavy atom. The van der Waals surface area contributed by atoms with Crippen LogP contribution in [0.15, 0.2) is 30.6 Å². The first kappa shape index (κ1) is 17.0. The molecule has 1 aliphatic rings. The Morgan fingerprint density at radius 3 is 2.75 bits per heavy atom. The SMILES string of the molecule is CC1CCCN(c2ncc(C(=O)Nc3cc(Cl)ccc3Cl)cn2)C1. The summed E-state index contributed by atoms with van der Waals surface area (Å²) in [7, 11) is 0. The number of anilines is 2. The lowest BCUT2D eigenvalue weighted by Gasteiger charge is -2.30. The van der Waals surface area contributed by atoms with Gasteiger partial charge in [-0.3, -0.25) is 4.79 Å². The van der Waals surface area contributed by atoms with Crippen LogP contribution < -0.4 is 10.2 Å². The van der Waals surface area contributed by atoms with E-state index in [0.29, 0.717) is 33.2 Å². The van der Waals surface area contributed by atoms with Crippen LogP contribution in [0.25, 0.3) is 0 Å². The Balaban J connectivity index is 1.70. The predicted molar refractivity (Wildman–Crippen MR) is 97.1 cm³/mol. The van der Waals surface area contributed by atoms with Crippen LogP contribution in [0, 0.1) is 5.92 Å². The molecule has 1 aromatic carbocycles. The number of carbonyl (C=O) groups is 1. The number of nitrogens with zero attached hydrogens (tertiary/aromatic N) is 3. The Kier molecular flexibility index (Phi) is 5.21. The molecule has 24 heavy (non-hydrogen) atoms. The molecule has 0 radical (unpaired) electrons. The lowest BCUT2D eigenvalue weighted by atomic mass is 10.0. The molecule has 1 saturated heterocycles. The Bertz CT molecular complexity index is 736. The zero-order valence-electron chi connectivity index (χ0n) is 13.3. The van der Waals surface area contributed by atoms with E-state index in [1.165, 1.54) is 18.8 Å². The molecule has 1 fully saturated rings. The van der Waals surface area contributed by atoms with Crippen LogP contribution in [0.1, 0.15) is 30.1 Å². The first-order valence-electron chi connectivity index (χ1n) is 7.86. The number of hydrogen-bond acceptors (Lipinski definition) is 4. The van der Waals surface area contributed by atoms with E-state index in [0.717, 1.165) is 19.5 Å². The van der Waals surface area contributed by atoms with Crippen LogP contribution in [0.3, 0.4) is 0 Å². The average molecular weight is 365 g/mol. The monoisotopic (exact) mass is 364 g/mol. The molecule has 1 unspecified atom stereocenters. The molecule has 1 atom stereocenters. The third-order valence-electron chi connectivity index (χ3n) is 4.02. The lowest BCUT2D eigenvalue weighted by molar-refractivity contribution is 0.102. The zero-order valence-corrected chi connectivity index (χ0v) is 14.8. The largest absolute Gasteiger partial charge is 0.341 e. The molecule has 126 valence electrons. The standard InChI is InChI=1S/C17H18Cl2N4O/c1-11-3-2-6-23(10-11)17-20-8-12(9-21-17)16(24)22-15-7-13(18)4-5-14(15)19/h4-5,7-9,11H,2-3,6,10H2,1H3,(H,22,24). The zero-order chi connectivity index (χ0) is 17.1. The van der Waals surface area contributed by atoms with Gasteiger partial charge < -0.3 is 10.2 Å². The minimum Gasteiger partial charge on any atom is -0.341 e. The maximum atomic E-state index is 12.3. The summed E-state index contributed by atoms with van der Waals surface area (Å²) >= 11 is 12.0. The second-order valence-electron chi connectivity index (χ2n) is 6.04. The molecule has 3 rings (SSSR count). The van der Waals surface area contributed by atoms with E-state index in [-0.39, 0.29) is 5.91 Å². The maximum absolute atomic E-state index is 12.3. The van der Waals surface area contributed by atoms with Crippen molar-refractivity contribution in [3.63, 3.8) is 0 Å². The van der Waals surface area contributed by atoms with Crippen LogP contribution >= 0.6 is 23.2 Å². The molecule has 1 aliphatic heterocycles. The first-order chi connectivity index (χ1) is 11.5. The number of benzene rings is 1. The first-order valence-corrected chi connectivity index (χ1v) is 8.62. The van der Waals surface area contributed by atoms with E-state index in [1.54, 1.807) is 18.2 Å². The smallest absolute Gasteiger partial charge is 0.258 e. The minimum absolute atomic E-state index is 0.322. The number of halogens is 2. The predicted octanol–water partition coefficient (Wildman–Crippen LogP) is 4.27. The van der Waals surface area contributed by atoms with Gasteiger partial charge in [-0.1, -0.05) is 30.1 Å². The van der Waals surface area contributed by atoms with Gasteiger partial charge in [0, 0.05) is 30.5 Å². The summed E-state index contributed by atoms with van der Waals surface area (Å²) in [4.78, 5) is 23.1. The van der Waals surface area contributed by atoms with E-state index in [4.69, 9.17) is 23.2 Å². The molecular weight excluding hydrogens is 347 g/mol. The minimum atomic E-state index is -0.322. The number of carbonyl (C=O) groups excluding carboxylic acids is 1. The topological polar surface area (TPSA) is 58.1 Å². The lowest BCUT2D eigenvalue weighted by Crippen LogP contribution is -2.35. The van der Waals surface area contributed by atoms with E-state index >= 15 is 0 Å². The van der Waals surface area contributed by atoms with Gasteiger partial charge in [0.05, 0.1) is 16.3 Å². The molecule has 0 bridgehead atoms. The summed E-state index contributed by atoms with van der Waals surface area (Å²) < 4.78 is 0. The molecule has 0 aliphatic carbocycles. The van der Waals surface area contributed by atoms with Crippen molar-refractivity contribution in [1.29, 1.82) is 0 Å². The van der Waals surface area contributed by atoms with Crippen LogP contribution in [0.5, 0.6) is 0 Å². The van der Waals surface area contributed by atoms with Crippen LogP contribution in [0.4, 0.5) is 11.6 Å². The molecule has 5 nitrogen and oxygen atoms in total. The van der Waals surface area contributed by atoms with Gasteiger partial charge in [-0.15, -0.1) is 0 Å². The highest BCUT2D eigenvalue weighted by atomic mass is 35.5. The highest BCUT2D eigenvalue weighted by Crippen LogP contribution is 2.26. The highest BCUT2D eigenvalue weighted by molar-refractivity contribution is 6.35. The molecular formula is C17H18Cl2N4O. The van der Waals surface area contributed by atoms with Crippen molar-refractivity contribution in [2.45, 2.75) is 19.8 Å². The summed E-state index contributed by atoms with van der Waals surface area (Å²) in [6, 6.07) is 4.90. The van der Waals surface area contributed by atoms with Crippen molar-refractivity contribution < 1.29 is 4.79 Å². The maximum Gasteiger partial charge on any atom is 0.258 e. The van der Waals surface area contributed by atoms with Crippen LogP contribution in [0.2, 0.25) is 10.0 Å². The fraction of sp³-hybridized carbons (Fsp3) is 0.353. The van der Waals surface area contributed by atoms with E-state index in [9.17, 15) is 4.79 Å². The second kappa shape index (κ2) is 7.36. The Hall–Kier alpha value is -1.85. The fourth-order valence-electron chi connectivity index (χ4n) is 2.76. The molecule has 1 aromatic heterocycles. The molecule has 0 saturated carbocycles. The van der Waals surface area contributed by atoms with Gasteiger partial charge in [-0.05, 0) is 37.0 Å². The van der Waals surface area contributed by atoms with Gasteiger partial charge >= 0.3 is 0 Å². The van der Waals surface area contributed by atoms with Crippen molar-refractivity contribution in [2.24, 2.45) is 5.92 Å².